The number of alkyl halides is 2. The Kier molecular flexibility index (Phi) is 4.44. The van der Waals surface area contributed by atoms with Crippen molar-refractivity contribution in [2.24, 2.45) is 0 Å². The molecule has 164 valence electrons. The summed E-state index contributed by atoms with van der Waals surface area (Å²) in [7, 11) is 0. The molecule has 33 heavy (non-hydrogen) atoms. The molecule has 1 atom stereocenters. The summed E-state index contributed by atoms with van der Waals surface area (Å²) in [5.41, 5.74) is 3.55. The third-order valence-corrected chi connectivity index (χ3v) is 6.79. The van der Waals surface area contributed by atoms with Gasteiger partial charge in [0.25, 0.3) is 6.43 Å². The van der Waals surface area contributed by atoms with Crippen molar-refractivity contribution in [2.45, 2.75) is 26.3 Å². The molecule has 0 aliphatic rings. The lowest BCUT2D eigenvalue weighted by molar-refractivity contribution is 0.146. The van der Waals surface area contributed by atoms with Crippen molar-refractivity contribution in [1.82, 2.24) is 34.3 Å². The highest BCUT2D eigenvalue weighted by atomic mass is 32.1. The Labute approximate surface area is 190 Å². The average molecular weight is 462 g/mol. The predicted octanol–water partition coefficient (Wildman–Crippen LogP) is 5.61. The second kappa shape index (κ2) is 7.38. The Morgan fingerprint density at radius 2 is 1.88 bits per heavy atom. The maximum Gasteiger partial charge on any atom is 0.280 e. The third kappa shape index (κ3) is 3.09. The minimum absolute atomic E-state index is 0.173. The number of thiophene rings is 1. The topological polar surface area (TPSA) is 73.8 Å². The largest absolute Gasteiger partial charge is 0.280 e. The second-order valence-electron chi connectivity index (χ2n) is 7.80. The zero-order chi connectivity index (χ0) is 22.7. The van der Waals surface area contributed by atoms with Gasteiger partial charge < -0.3 is 0 Å². The van der Waals surface area contributed by atoms with Crippen molar-refractivity contribution in [3.8, 4) is 11.1 Å². The number of aromatic nitrogens is 7. The highest BCUT2D eigenvalue weighted by molar-refractivity contribution is 7.26. The molecule has 7 nitrogen and oxygen atoms in total. The summed E-state index contributed by atoms with van der Waals surface area (Å²) in [6.45, 7) is 3.96. The first kappa shape index (κ1) is 19.9. The van der Waals surface area contributed by atoms with Gasteiger partial charge in [-0.15, -0.1) is 16.4 Å². The van der Waals surface area contributed by atoms with Crippen LogP contribution in [-0.2, 0) is 0 Å². The molecule has 0 fully saturated rings. The Bertz CT molecular complexity index is 1640. The van der Waals surface area contributed by atoms with Gasteiger partial charge in [-0.1, -0.05) is 30.3 Å². The molecule has 0 N–H and O–H groups in total. The van der Waals surface area contributed by atoms with Crippen LogP contribution in [0.2, 0.25) is 0 Å². The number of fused-ring (bicyclic) bond motifs is 5. The minimum Gasteiger partial charge on any atom is -0.259 e. The fraction of sp³-hybridized carbons (Fsp3) is 0.174. The fourth-order valence-electron chi connectivity index (χ4n) is 4.09. The van der Waals surface area contributed by atoms with Crippen LogP contribution in [0, 0.1) is 6.92 Å². The summed E-state index contributed by atoms with van der Waals surface area (Å²) in [6, 6.07) is 12.7. The average Bonchev–Trinajstić information content (AvgIpc) is 3.54. The predicted molar refractivity (Wildman–Crippen MR) is 123 cm³/mol. The molecule has 0 unspecified atom stereocenters. The van der Waals surface area contributed by atoms with Crippen molar-refractivity contribution in [3.05, 3.63) is 72.2 Å². The zero-order valence-electron chi connectivity index (χ0n) is 17.6. The number of pyridine rings is 1. The fourth-order valence-corrected chi connectivity index (χ4v) is 5.23. The minimum atomic E-state index is -2.67. The molecule has 0 spiro atoms. The normalized spacial score (nSPS) is 13.0. The lowest BCUT2D eigenvalue weighted by atomic mass is 10.0. The van der Waals surface area contributed by atoms with E-state index in [2.05, 4.69) is 20.2 Å². The summed E-state index contributed by atoms with van der Waals surface area (Å²) < 4.78 is 31.5. The van der Waals surface area contributed by atoms with Gasteiger partial charge in [0, 0.05) is 17.3 Å². The Balaban J connectivity index is 1.62. The molecule has 6 aromatic rings. The monoisotopic (exact) mass is 461 g/mol. The number of rotatable bonds is 4. The molecule has 0 aliphatic heterocycles. The summed E-state index contributed by atoms with van der Waals surface area (Å²) in [5, 5.41) is 9.71. The van der Waals surface area contributed by atoms with Crippen molar-refractivity contribution in [1.29, 1.82) is 0 Å². The van der Waals surface area contributed by atoms with Gasteiger partial charge >= 0.3 is 0 Å². The highest BCUT2D eigenvalue weighted by Crippen LogP contribution is 2.41. The van der Waals surface area contributed by atoms with E-state index < -0.39 is 6.43 Å². The standard InChI is InChI=1S/C23H17F2N7S/c1-12-8-9-27-32(12)13(2)21-29-22-19-18(26-11-31(22)30-21)17-15(14-6-4-3-5-7-14)10-16(20(24)25)28-23(17)33-19/h3-11,13,20H,1-2H3/t13-/m0/s1. The van der Waals surface area contributed by atoms with Crippen LogP contribution in [0.3, 0.4) is 0 Å². The van der Waals surface area contributed by atoms with Gasteiger partial charge in [-0.2, -0.15) is 5.10 Å². The van der Waals surface area contributed by atoms with Gasteiger partial charge in [-0.3, -0.25) is 4.68 Å². The van der Waals surface area contributed by atoms with Gasteiger partial charge in [0.1, 0.15) is 27.6 Å². The van der Waals surface area contributed by atoms with E-state index in [-0.39, 0.29) is 11.7 Å². The molecule has 0 amide bonds. The molecule has 6 rings (SSSR count). The first-order chi connectivity index (χ1) is 16.0. The van der Waals surface area contributed by atoms with Crippen LogP contribution in [0.15, 0.2) is 55.0 Å². The number of benzene rings is 1. The first-order valence-corrected chi connectivity index (χ1v) is 11.1. The lowest BCUT2D eigenvalue weighted by Crippen LogP contribution is -2.11. The first-order valence-electron chi connectivity index (χ1n) is 10.3. The van der Waals surface area contributed by atoms with E-state index in [9.17, 15) is 8.78 Å². The Hall–Kier alpha value is -3.79. The van der Waals surface area contributed by atoms with Crippen LogP contribution in [-0.4, -0.2) is 34.3 Å². The van der Waals surface area contributed by atoms with Crippen molar-refractivity contribution < 1.29 is 8.78 Å². The van der Waals surface area contributed by atoms with Crippen molar-refractivity contribution in [2.75, 3.05) is 0 Å². The molecule has 0 aliphatic carbocycles. The number of aryl methyl sites for hydroxylation is 1. The van der Waals surface area contributed by atoms with Gasteiger partial charge in [0.2, 0.25) is 0 Å². The van der Waals surface area contributed by atoms with Gasteiger partial charge in [-0.25, -0.2) is 28.2 Å². The Morgan fingerprint density at radius 3 is 2.61 bits per heavy atom. The number of hydrogen-bond donors (Lipinski definition) is 0. The van der Waals surface area contributed by atoms with E-state index in [1.807, 2.05) is 54.9 Å². The third-order valence-electron chi connectivity index (χ3n) is 5.72. The van der Waals surface area contributed by atoms with E-state index in [0.717, 1.165) is 21.3 Å². The quantitative estimate of drug-likeness (QED) is 0.341. The Morgan fingerprint density at radius 1 is 1.06 bits per heavy atom. The molecule has 10 heteroatoms. The molecule has 0 bridgehead atoms. The second-order valence-corrected chi connectivity index (χ2v) is 8.80. The molecule has 5 aromatic heterocycles. The van der Waals surface area contributed by atoms with E-state index in [4.69, 9.17) is 4.98 Å². The number of hydrogen-bond acceptors (Lipinski definition) is 6. The van der Waals surface area contributed by atoms with Crippen LogP contribution in [0.4, 0.5) is 8.78 Å². The van der Waals surface area contributed by atoms with Crippen LogP contribution in [0.5, 0.6) is 0 Å². The van der Waals surface area contributed by atoms with Gasteiger partial charge in [-0.05, 0) is 37.1 Å². The van der Waals surface area contributed by atoms with Crippen molar-refractivity contribution >= 4 is 37.4 Å². The van der Waals surface area contributed by atoms with Gasteiger partial charge in [0.05, 0.1) is 5.52 Å². The van der Waals surface area contributed by atoms with E-state index in [1.165, 1.54) is 17.4 Å². The molecule has 5 heterocycles. The van der Waals surface area contributed by atoms with E-state index in [0.29, 0.717) is 27.4 Å². The molecule has 0 saturated carbocycles. The van der Waals surface area contributed by atoms with Crippen molar-refractivity contribution in [3.63, 3.8) is 0 Å². The molecule has 1 aromatic carbocycles. The molecule has 0 saturated heterocycles. The summed E-state index contributed by atoms with van der Waals surface area (Å²) in [6.07, 6.45) is 0.678. The SMILES string of the molecule is Cc1ccnn1[C@@H](C)c1nc2c3sc4nc(C(F)F)cc(-c5ccccc5)c4c3ncn2n1. The highest BCUT2D eigenvalue weighted by Gasteiger charge is 2.22. The number of halogens is 2. The summed E-state index contributed by atoms with van der Waals surface area (Å²) >= 11 is 1.30. The van der Waals surface area contributed by atoms with Gasteiger partial charge in [0.15, 0.2) is 11.5 Å². The van der Waals surface area contributed by atoms with E-state index in [1.54, 1.807) is 17.0 Å². The number of nitrogens with zero attached hydrogens (tertiary/aromatic N) is 7. The zero-order valence-corrected chi connectivity index (χ0v) is 18.5. The van der Waals surface area contributed by atoms with Crippen LogP contribution in [0.25, 0.3) is 37.2 Å². The van der Waals surface area contributed by atoms with Crippen LogP contribution >= 0.6 is 11.3 Å². The summed E-state index contributed by atoms with van der Waals surface area (Å²) in [4.78, 5) is 14.2. The lowest BCUT2D eigenvalue weighted by Gasteiger charge is -2.09. The van der Waals surface area contributed by atoms with E-state index >= 15 is 0 Å². The molecular weight excluding hydrogens is 444 g/mol. The smallest absolute Gasteiger partial charge is 0.259 e. The summed E-state index contributed by atoms with van der Waals surface area (Å²) in [5.74, 6) is 0.595. The maximum atomic E-state index is 13.7. The van der Waals surface area contributed by atoms with Crippen LogP contribution < -0.4 is 0 Å². The molecular formula is C23H17F2N7S. The molecule has 0 radical (unpaired) electrons. The van der Waals surface area contributed by atoms with Crippen LogP contribution in [0.1, 0.15) is 36.6 Å². The maximum absolute atomic E-state index is 13.7.